The Morgan fingerprint density at radius 2 is 1.64 bits per heavy atom. The molecule has 0 aromatic heterocycles. The summed E-state index contributed by atoms with van der Waals surface area (Å²) in [4.78, 5) is 14.6. The van der Waals surface area contributed by atoms with E-state index < -0.39 is 22.0 Å². The molecule has 1 fully saturated rings. The molecule has 6 nitrogen and oxygen atoms in total. The van der Waals surface area contributed by atoms with E-state index in [0.717, 1.165) is 5.56 Å². The van der Waals surface area contributed by atoms with Crippen LogP contribution in [0, 0.1) is 6.92 Å². The molecular formula is C20H23ClN2O4S. The van der Waals surface area contributed by atoms with Gasteiger partial charge in [-0.05, 0) is 30.7 Å². The van der Waals surface area contributed by atoms with Gasteiger partial charge in [-0.25, -0.2) is 13.2 Å². The molecule has 8 heteroatoms. The predicted octanol–water partition coefficient (Wildman–Crippen LogP) is 2.87. The zero-order valence-corrected chi connectivity index (χ0v) is 17.4. The van der Waals surface area contributed by atoms with E-state index >= 15 is 0 Å². The molecule has 0 bridgehead atoms. The number of carbonyl (C=O) groups is 1. The molecule has 0 N–H and O–H groups in total. The van der Waals surface area contributed by atoms with Crippen LogP contribution in [0.3, 0.4) is 0 Å². The summed E-state index contributed by atoms with van der Waals surface area (Å²) in [6, 6.07) is 13.3. The molecule has 1 atom stereocenters. The predicted molar refractivity (Wildman–Crippen MR) is 108 cm³/mol. The zero-order chi connectivity index (χ0) is 20.3. The van der Waals surface area contributed by atoms with Gasteiger partial charge in [-0.15, -0.1) is 0 Å². The minimum absolute atomic E-state index is 0.280. The number of ether oxygens (including phenoxy) is 1. The Morgan fingerprint density at radius 1 is 1.04 bits per heavy atom. The van der Waals surface area contributed by atoms with Crippen LogP contribution in [0.25, 0.3) is 0 Å². The van der Waals surface area contributed by atoms with Crippen LogP contribution in [0.4, 0.5) is 0 Å². The molecule has 150 valence electrons. The van der Waals surface area contributed by atoms with E-state index in [0.29, 0.717) is 23.7 Å². The summed E-state index contributed by atoms with van der Waals surface area (Å²) in [5.74, 6) is -0.414. The van der Waals surface area contributed by atoms with E-state index in [1.54, 1.807) is 42.5 Å². The van der Waals surface area contributed by atoms with Crippen LogP contribution in [-0.4, -0.2) is 56.9 Å². The third-order valence-corrected chi connectivity index (χ3v) is 7.18. The molecule has 2 aromatic rings. The minimum atomic E-state index is -3.56. The summed E-state index contributed by atoms with van der Waals surface area (Å²) >= 11 is 6.29. The van der Waals surface area contributed by atoms with Gasteiger partial charge in [0.05, 0.1) is 12.0 Å². The van der Waals surface area contributed by atoms with Gasteiger partial charge < -0.3 is 4.74 Å². The molecule has 1 saturated heterocycles. The van der Waals surface area contributed by atoms with Gasteiger partial charge in [0.15, 0.2) is 0 Å². The molecule has 0 saturated carbocycles. The standard InChI is InChI=1S/C20H23ClN2O4S/c1-15-7-9-16(10-8-15)28(25,26)23-13-11-22(12-14-23)19(20(24)27-2)17-5-3-4-6-18(17)21/h3-10,19H,11-14H2,1-2H3. The van der Waals surface area contributed by atoms with E-state index in [2.05, 4.69) is 0 Å². The van der Waals surface area contributed by atoms with Crippen LogP contribution >= 0.6 is 11.6 Å². The highest BCUT2D eigenvalue weighted by Crippen LogP contribution is 2.30. The number of hydrogen-bond donors (Lipinski definition) is 0. The second-order valence-corrected chi connectivity index (χ2v) is 9.05. The van der Waals surface area contributed by atoms with Crippen molar-refractivity contribution in [1.82, 2.24) is 9.21 Å². The molecule has 0 amide bonds. The molecule has 1 aliphatic heterocycles. The largest absolute Gasteiger partial charge is 0.468 e. The lowest BCUT2D eigenvalue weighted by Crippen LogP contribution is -2.51. The zero-order valence-electron chi connectivity index (χ0n) is 15.8. The Kier molecular flexibility index (Phi) is 6.40. The van der Waals surface area contributed by atoms with E-state index in [4.69, 9.17) is 16.3 Å². The molecule has 2 aromatic carbocycles. The van der Waals surface area contributed by atoms with Crippen molar-refractivity contribution in [2.75, 3.05) is 33.3 Å². The fraction of sp³-hybridized carbons (Fsp3) is 0.350. The van der Waals surface area contributed by atoms with Crippen molar-refractivity contribution >= 4 is 27.6 Å². The third-order valence-electron chi connectivity index (χ3n) is 4.92. The van der Waals surface area contributed by atoms with E-state index in [9.17, 15) is 13.2 Å². The van der Waals surface area contributed by atoms with Crippen LogP contribution in [0.1, 0.15) is 17.2 Å². The highest BCUT2D eigenvalue weighted by atomic mass is 35.5. The number of carbonyl (C=O) groups excluding carboxylic acids is 1. The number of piperazine rings is 1. The van der Waals surface area contributed by atoms with Gasteiger partial charge in [0, 0.05) is 31.2 Å². The molecule has 28 heavy (non-hydrogen) atoms. The summed E-state index contributed by atoms with van der Waals surface area (Å²) in [6.45, 7) is 3.28. The van der Waals surface area contributed by atoms with Gasteiger partial charge in [-0.1, -0.05) is 47.5 Å². The number of benzene rings is 2. The maximum absolute atomic E-state index is 12.9. The molecule has 1 unspecified atom stereocenters. The number of rotatable bonds is 5. The van der Waals surface area contributed by atoms with Crippen molar-refractivity contribution in [3.8, 4) is 0 Å². The first kappa shape index (κ1) is 20.8. The second kappa shape index (κ2) is 8.61. The quantitative estimate of drug-likeness (QED) is 0.693. The van der Waals surface area contributed by atoms with Crippen LogP contribution in [-0.2, 0) is 19.6 Å². The topological polar surface area (TPSA) is 66.9 Å². The first-order valence-corrected chi connectivity index (χ1v) is 10.8. The van der Waals surface area contributed by atoms with Crippen molar-refractivity contribution in [3.05, 3.63) is 64.7 Å². The minimum Gasteiger partial charge on any atom is -0.468 e. The number of hydrogen-bond acceptors (Lipinski definition) is 5. The molecule has 1 aliphatic rings. The first-order chi connectivity index (χ1) is 13.3. The van der Waals surface area contributed by atoms with E-state index in [1.165, 1.54) is 11.4 Å². The van der Waals surface area contributed by atoms with Crippen LogP contribution in [0.2, 0.25) is 5.02 Å². The summed E-state index contributed by atoms with van der Waals surface area (Å²) < 4.78 is 32.2. The lowest BCUT2D eigenvalue weighted by molar-refractivity contribution is -0.147. The van der Waals surface area contributed by atoms with Crippen molar-refractivity contribution in [2.45, 2.75) is 17.9 Å². The fourth-order valence-corrected chi connectivity index (χ4v) is 5.00. The molecular weight excluding hydrogens is 400 g/mol. The average Bonchev–Trinajstić information content (AvgIpc) is 2.70. The molecule has 0 aliphatic carbocycles. The van der Waals surface area contributed by atoms with E-state index in [1.807, 2.05) is 17.9 Å². The molecule has 3 rings (SSSR count). The summed E-state index contributed by atoms with van der Waals surface area (Å²) in [6.07, 6.45) is 0. The number of esters is 1. The normalized spacial score (nSPS) is 17.2. The van der Waals surface area contributed by atoms with Gasteiger partial charge in [0.25, 0.3) is 0 Å². The third kappa shape index (κ3) is 4.22. The number of halogens is 1. The van der Waals surface area contributed by atoms with Crippen LogP contribution < -0.4 is 0 Å². The average molecular weight is 423 g/mol. The van der Waals surface area contributed by atoms with Crippen molar-refractivity contribution in [1.29, 1.82) is 0 Å². The van der Waals surface area contributed by atoms with Gasteiger partial charge >= 0.3 is 5.97 Å². The first-order valence-electron chi connectivity index (χ1n) is 8.97. The van der Waals surface area contributed by atoms with Crippen LogP contribution in [0.5, 0.6) is 0 Å². The highest BCUT2D eigenvalue weighted by Gasteiger charge is 2.35. The van der Waals surface area contributed by atoms with Gasteiger partial charge in [0.2, 0.25) is 10.0 Å². The summed E-state index contributed by atoms with van der Waals surface area (Å²) in [5, 5.41) is 0.479. The Morgan fingerprint density at radius 3 is 2.21 bits per heavy atom. The maximum atomic E-state index is 12.9. The summed E-state index contributed by atoms with van der Waals surface area (Å²) in [7, 11) is -2.22. The fourth-order valence-electron chi connectivity index (χ4n) is 3.34. The second-order valence-electron chi connectivity index (χ2n) is 6.70. The van der Waals surface area contributed by atoms with Gasteiger partial charge in [-0.3, -0.25) is 4.90 Å². The Hall–Kier alpha value is -1.93. The number of nitrogens with zero attached hydrogens (tertiary/aromatic N) is 2. The Bertz CT molecular complexity index is 939. The maximum Gasteiger partial charge on any atom is 0.327 e. The Labute approximate surface area is 170 Å². The number of sulfonamides is 1. The lowest BCUT2D eigenvalue weighted by Gasteiger charge is -2.37. The SMILES string of the molecule is COC(=O)C(c1ccccc1Cl)N1CCN(S(=O)(=O)c2ccc(C)cc2)CC1. The number of methoxy groups -OCH3 is 1. The van der Waals surface area contributed by atoms with Crippen molar-refractivity contribution in [3.63, 3.8) is 0 Å². The smallest absolute Gasteiger partial charge is 0.327 e. The van der Waals surface area contributed by atoms with E-state index in [-0.39, 0.29) is 18.0 Å². The van der Waals surface area contributed by atoms with Gasteiger partial charge in [0.1, 0.15) is 6.04 Å². The Balaban J connectivity index is 1.78. The molecule has 1 heterocycles. The molecule has 0 radical (unpaired) electrons. The summed E-state index contributed by atoms with van der Waals surface area (Å²) in [5.41, 5.74) is 1.66. The van der Waals surface area contributed by atoms with Crippen molar-refractivity contribution < 1.29 is 17.9 Å². The van der Waals surface area contributed by atoms with Crippen molar-refractivity contribution in [2.24, 2.45) is 0 Å². The van der Waals surface area contributed by atoms with Gasteiger partial charge in [-0.2, -0.15) is 4.31 Å². The monoisotopic (exact) mass is 422 g/mol. The highest BCUT2D eigenvalue weighted by molar-refractivity contribution is 7.89. The van der Waals surface area contributed by atoms with Crippen LogP contribution in [0.15, 0.2) is 53.4 Å². The number of aryl methyl sites for hydroxylation is 1. The molecule has 0 spiro atoms. The lowest BCUT2D eigenvalue weighted by atomic mass is 10.0.